The number of nitrogens with zero attached hydrogens (tertiary/aromatic N) is 1. The third-order valence-corrected chi connectivity index (χ3v) is 4.18. The van der Waals surface area contributed by atoms with Gasteiger partial charge in [0.05, 0.1) is 12.1 Å². The summed E-state index contributed by atoms with van der Waals surface area (Å²) in [7, 11) is 1.36. The summed E-state index contributed by atoms with van der Waals surface area (Å²) in [6.45, 7) is -0.593. The number of benzene rings is 2. The maximum Gasteiger partial charge on any atom is 0.341 e. The SMILES string of the molecule is COc1cc(C=C(C#N)C(=O)Nc2ccc(Br)cc2)cc(Cl)c1OCC(=O)O. The number of nitrogens with one attached hydrogen (secondary N) is 1. The van der Waals surface area contributed by atoms with Crippen molar-refractivity contribution < 1.29 is 24.2 Å². The van der Waals surface area contributed by atoms with Gasteiger partial charge in [0.25, 0.3) is 5.91 Å². The second kappa shape index (κ2) is 9.78. The number of methoxy groups -OCH3 is 1. The first-order valence-electron chi connectivity index (χ1n) is 7.75. The van der Waals surface area contributed by atoms with Crippen LogP contribution in [0.3, 0.4) is 0 Å². The zero-order valence-corrected chi connectivity index (χ0v) is 16.9. The van der Waals surface area contributed by atoms with E-state index in [2.05, 4.69) is 21.2 Å². The summed E-state index contributed by atoms with van der Waals surface area (Å²) in [5, 5.41) is 20.8. The smallest absolute Gasteiger partial charge is 0.341 e. The molecule has 0 radical (unpaired) electrons. The largest absolute Gasteiger partial charge is 0.493 e. The highest BCUT2D eigenvalue weighted by atomic mass is 79.9. The molecule has 0 aliphatic carbocycles. The normalized spacial score (nSPS) is 10.7. The maximum absolute atomic E-state index is 12.3. The molecule has 2 rings (SSSR count). The fourth-order valence-corrected chi connectivity index (χ4v) is 2.68. The lowest BCUT2D eigenvalue weighted by molar-refractivity contribution is -0.139. The zero-order chi connectivity index (χ0) is 20.7. The van der Waals surface area contributed by atoms with Crippen molar-refractivity contribution in [2.75, 3.05) is 19.0 Å². The van der Waals surface area contributed by atoms with Crippen molar-refractivity contribution in [1.82, 2.24) is 0 Å². The molecule has 0 bridgehead atoms. The third kappa shape index (κ3) is 5.74. The Morgan fingerprint density at radius 2 is 2.00 bits per heavy atom. The minimum atomic E-state index is -1.17. The van der Waals surface area contributed by atoms with E-state index in [1.807, 2.05) is 6.07 Å². The maximum atomic E-state index is 12.3. The first-order valence-corrected chi connectivity index (χ1v) is 8.92. The molecule has 0 aliphatic rings. The van der Waals surface area contributed by atoms with Gasteiger partial charge in [-0.25, -0.2) is 4.79 Å². The second-order valence-electron chi connectivity index (χ2n) is 5.35. The Kier molecular flexibility index (Phi) is 7.44. The van der Waals surface area contributed by atoms with Crippen LogP contribution < -0.4 is 14.8 Å². The molecule has 0 saturated carbocycles. The van der Waals surface area contributed by atoms with Crippen LogP contribution in [0.4, 0.5) is 5.69 Å². The minimum Gasteiger partial charge on any atom is -0.493 e. The van der Waals surface area contributed by atoms with Gasteiger partial charge in [-0.3, -0.25) is 4.79 Å². The minimum absolute atomic E-state index is 0.0570. The number of aliphatic carboxylic acids is 1. The number of hydrogen-bond donors (Lipinski definition) is 2. The van der Waals surface area contributed by atoms with Gasteiger partial charge in [-0.15, -0.1) is 0 Å². The molecule has 0 fully saturated rings. The van der Waals surface area contributed by atoms with Crippen LogP contribution in [0.5, 0.6) is 11.5 Å². The molecule has 2 aromatic carbocycles. The topological polar surface area (TPSA) is 109 Å². The summed E-state index contributed by atoms with van der Waals surface area (Å²) in [6, 6.07) is 11.6. The molecule has 0 unspecified atom stereocenters. The Labute approximate surface area is 174 Å². The fourth-order valence-electron chi connectivity index (χ4n) is 2.14. The van der Waals surface area contributed by atoms with E-state index in [-0.39, 0.29) is 22.1 Å². The molecule has 0 aromatic heterocycles. The number of carbonyl (C=O) groups excluding carboxylic acids is 1. The number of hydrogen-bond acceptors (Lipinski definition) is 5. The van der Waals surface area contributed by atoms with Crippen molar-refractivity contribution >= 4 is 51.2 Å². The molecule has 0 atom stereocenters. The number of ether oxygens (including phenoxy) is 2. The van der Waals surface area contributed by atoms with E-state index < -0.39 is 18.5 Å². The van der Waals surface area contributed by atoms with Gasteiger partial charge in [-0.1, -0.05) is 27.5 Å². The van der Waals surface area contributed by atoms with Crippen LogP contribution in [-0.2, 0) is 9.59 Å². The number of rotatable bonds is 7. The molecule has 7 nitrogen and oxygen atoms in total. The molecule has 144 valence electrons. The molecular formula is C19H14BrClN2O5. The first-order chi connectivity index (χ1) is 13.3. The summed E-state index contributed by atoms with van der Waals surface area (Å²) >= 11 is 9.43. The number of carboxylic acid groups (broad SMARTS) is 1. The summed E-state index contributed by atoms with van der Waals surface area (Å²) < 4.78 is 11.1. The fraction of sp³-hybridized carbons (Fsp3) is 0.105. The lowest BCUT2D eigenvalue weighted by Crippen LogP contribution is -2.13. The highest BCUT2D eigenvalue weighted by Gasteiger charge is 2.15. The standard InChI is InChI=1S/C19H14BrClN2O5/c1-27-16-8-11(7-15(21)18(16)28-10-17(24)25)6-12(9-22)19(26)23-14-4-2-13(20)3-5-14/h2-8H,10H2,1H3,(H,23,26)(H,24,25). The van der Waals surface area contributed by atoms with Crippen molar-refractivity contribution in [2.24, 2.45) is 0 Å². The highest BCUT2D eigenvalue weighted by molar-refractivity contribution is 9.10. The van der Waals surface area contributed by atoms with Gasteiger partial charge in [0, 0.05) is 10.2 Å². The first kappa shape index (κ1) is 21.3. The van der Waals surface area contributed by atoms with Gasteiger partial charge in [-0.05, 0) is 48.0 Å². The molecule has 9 heteroatoms. The third-order valence-electron chi connectivity index (χ3n) is 3.37. The van der Waals surface area contributed by atoms with E-state index in [9.17, 15) is 14.9 Å². The number of amides is 1. The average molecular weight is 466 g/mol. The van der Waals surface area contributed by atoms with Crippen molar-refractivity contribution in [3.8, 4) is 17.6 Å². The Bertz CT molecular complexity index is 968. The van der Waals surface area contributed by atoms with Crippen molar-refractivity contribution in [3.05, 3.63) is 57.0 Å². The quantitative estimate of drug-likeness (QED) is 0.470. The highest BCUT2D eigenvalue weighted by Crippen LogP contribution is 2.37. The Morgan fingerprint density at radius 1 is 1.32 bits per heavy atom. The van der Waals surface area contributed by atoms with E-state index in [0.717, 1.165) is 4.47 Å². The van der Waals surface area contributed by atoms with Crippen LogP contribution in [0.25, 0.3) is 6.08 Å². The Balaban J connectivity index is 2.28. The number of carboxylic acids is 1. The summed E-state index contributed by atoms with van der Waals surface area (Å²) in [5.41, 5.74) is 0.787. The van der Waals surface area contributed by atoms with Crippen molar-refractivity contribution in [1.29, 1.82) is 5.26 Å². The molecular weight excluding hydrogens is 452 g/mol. The monoisotopic (exact) mass is 464 g/mol. The Morgan fingerprint density at radius 3 is 2.57 bits per heavy atom. The Hall–Kier alpha value is -3.02. The van der Waals surface area contributed by atoms with Gasteiger partial charge in [0.1, 0.15) is 11.6 Å². The number of anilines is 1. The zero-order valence-electron chi connectivity index (χ0n) is 14.5. The van der Waals surface area contributed by atoms with E-state index in [1.54, 1.807) is 24.3 Å². The summed E-state index contributed by atoms with van der Waals surface area (Å²) in [5.74, 6) is -1.53. The van der Waals surface area contributed by atoms with Crippen LogP contribution in [0.1, 0.15) is 5.56 Å². The lowest BCUT2D eigenvalue weighted by atomic mass is 10.1. The van der Waals surface area contributed by atoms with Crippen molar-refractivity contribution in [2.45, 2.75) is 0 Å². The van der Waals surface area contributed by atoms with E-state index in [0.29, 0.717) is 11.3 Å². The van der Waals surface area contributed by atoms with Crippen LogP contribution in [-0.4, -0.2) is 30.7 Å². The van der Waals surface area contributed by atoms with Gasteiger partial charge in [0.15, 0.2) is 18.1 Å². The molecule has 2 N–H and O–H groups in total. The van der Waals surface area contributed by atoms with Gasteiger partial charge in [-0.2, -0.15) is 5.26 Å². The van der Waals surface area contributed by atoms with Crippen LogP contribution in [0, 0.1) is 11.3 Å². The van der Waals surface area contributed by atoms with Gasteiger partial charge in [0.2, 0.25) is 0 Å². The van der Waals surface area contributed by atoms with E-state index >= 15 is 0 Å². The van der Waals surface area contributed by atoms with Crippen molar-refractivity contribution in [3.63, 3.8) is 0 Å². The van der Waals surface area contributed by atoms with Crippen LogP contribution in [0.2, 0.25) is 5.02 Å². The van der Waals surface area contributed by atoms with E-state index in [4.69, 9.17) is 26.2 Å². The second-order valence-corrected chi connectivity index (χ2v) is 6.67. The predicted octanol–water partition coefficient (Wildman–Crippen LogP) is 4.12. The molecule has 0 spiro atoms. The summed E-state index contributed by atoms with van der Waals surface area (Å²) in [4.78, 5) is 23.0. The van der Waals surface area contributed by atoms with Gasteiger partial charge >= 0.3 is 5.97 Å². The molecule has 28 heavy (non-hydrogen) atoms. The van der Waals surface area contributed by atoms with Crippen LogP contribution >= 0.6 is 27.5 Å². The number of nitriles is 1. The lowest BCUT2D eigenvalue weighted by Gasteiger charge is -2.12. The molecule has 0 aliphatic heterocycles. The molecule has 2 aromatic rings. The van der Waals surface area contributed by atoms with Gasteiger partial charge < -0.3 is 19.9 Å². The predicted molar refractivity (Wildman–Crippen MR) is 107 cm³/mol. The molecule has 0 heterocycles. The van der Waals surface area contributed by atoms with E-state index in [1.165, 1.54) is 25.3 Å². The number of carbonyl (C=O) groups is 2. The molecule has 1 amide bonds. The van der Waals surface area contributed by atoms with Crippen LogP contribution in [0.15, 0.2) is 46.4 Å². The number of halogens is 2. The molecule has 0 saturated heterocycles. The average Bonchev–Trinajstić information content (AvgIpc) is 2.66. The summed E-state index contributed by atoms with van der Waals surface area (Å²) in [6.07, 6.45) is 1.34.